The first-order valence-electron chi connectivity index (χ1n) is 18.6. The predicted molar refractivity (Wildman–Crippen MR) is 235 cm³/mol. The number of hydrogen-bond acceptors (Lipinski definition) is 3. The molecule has 11 rings (SSSR count). The summed E-state index contributed by atoms with van der Waals surface area (Å²) in [6.07, 6.45) is 1.88. The summed E-state index contributed by atoms with van der Waals surface area (Å²) in [5, 5.41) is 7.44. The fraction of sp³-hybridized carbons (Fsp3) is 0. The fourth-order valence-corrected chi connectivity index (χ4v) is 9.40. The van der Waals surface area contributed by atoms with E-state index in [9.17, 15) is 0 Å². The van der Waals surface area contributed by atoms with Gasteiger partial charge in [-0.15, -0.1) is 11.3 Å². The normalized spacial score (nSPS) is 11.6. The molecule has 0 spiro atoms. The Morgan fingerprint density at radius 3 is 1.91 bits per heavy atom. The van der Waals surface area contributed by atoms with Gasteiger partial charge >= 0.3 is 0 Å². The summed E-state index contributed by atoms with van der Waals surface area (Å²) in [7, 11) is 0. The highest BCUT2D eigenvalue weighted by Gasteiger charge is 2.18. The molecule has 0 aliphatic rings. The van der Waals surface area contributed by atoms with Crippen LogP contribution in [0.4, 0.5) is 17.1 Å². The highest BCUT2D eigenvalue weighted by molar-refractivity contribution is 7.26. The lowest BCUT2D eigenvalue weighted by molar-refractivity contribution is 1.18. The van der Waals surface area contributed by atoms with Crippen molar-refractivity contribution in [3.63, 3.8) is 0 Å². The van der Waals surface area contributed by atoms with Crippen molar-refractivity contribution in [3.8, 4) is 27.9 Å². The molecule has 0 aliphatic heterocycles. The maximum atomic E-state index is 4.67. The van der Waals surface area contributed by atoms with E-state index in [2.05, 4.69) is 203 Å². The molecule has 0 fully saturated rings. The number of para-hydroxylation sites is 2. The second kappa shape index (κ2) is 12.8. The van der Waals surface area contributed by atoms with Crippen molar-refractivity contribution in [1.29, 1.82) is 0 Å². The van der Waals surface area contributed by atoms with Gasteiger partial charge in [0.25, 0.3) is 0 Å². The van der Waals surface area contributed by atoms with Crippen molar-refractivity contribution < 1.29 is 0 Å². The number of nitrogens with zero attached hydrogens (tertiary/aromatic N) is 3. The highest BCUT2D eigenvalue weighted by atomic mass is 32.1. The van der Waals surface area contributed by atoms with Crippen LogP contribution in [0, 0.1) is 0 Å². The van der Waals surface area contributed by atoms with Gasteiger partial charge in [0.1, 0.15) is 4.83 Å². The smallest absolute Gasteiger partial charge is 0.124 e. The van der Waals surface area contributed by atoms with Crippen LogP contribution in [0.3, 0.4) is 0 Å². The lowest BCUT2D eigenvalue weighted by atomic mass is 10.0. The molecule has 4 heteroatoms. The minimum Gasteiger partial charge on any atom is -0.310 e. The third-order valence-corrected chi connectivity index (χ3v) is 12.0. The molecule has 0 unspecified atom stereocenters. The summed E-state index contributed by atoms with van der Waals surface area (Å²) >= 11 is 1.77. The summed E-state index contributed by atoms with van der Waals surface area (Å²) < 4.78 is 3.66. The van der Waals surface area contributed by atoms with Gasteiger partial charge in [0.15, 0.2) is 0 Å². The number of aromatic nitrogens is 2. The molecule has 0 amide bonds. The zero-order valence-corrected chi connectivity index (χ0v) is 30.6. The van der Waals surface area contributed by atoms with E-state index in [1.807, 2.05) is 12.3 Å². The van der Waals surface area contributed by atoms with E-state index >= 15 is 0 Å². The van der Waals surface area contributed by atoms with Crippen LogP contribution in [0.15, 0.2) is 200 Å². The van der Waals surface area contributed by atoms with Crippen molar-refractivity contribution in [2.24, 2.45) is 0 Å². The van der Waals surface area contributed by atoms with Crippen LogP contribution >= 0.6 is 11.3 Å². The minimum absolute atomic E-state index is 1.07. The van der Waals surface area contributed by atoms with Gasteiger partial charge < -0.3 is 9.47 Å². The summed E-state index contributed by atoms with van der Waals surface area (Å²) in [5.41, 5.74) is 11.6. The Labute approximate surface area is 322 Å². The van der Waals surface area contributed by atoms with E-state index in [4.69, 9.17) is 0 Å². The van der Waals surface area contributed by atoms with Crippen LogP contribution in [-0.4, -0.2) is 9.55 Å². The standard InChI is InChI=1S/C51H33N3S/c1-2-12-39(13-3-1)54-48-18-7-6-14-44(48)45-30-29-42(33-49(45)54)53(40-25-21-35(22-26-40)38-20-19-34-10-4-5-11-37(34)32-38)41-27-23-36(24-28-41)43-15-8-16-46-47-17-9-31-52-51(47)55-50(43)46/h1-33H. The van der Waals surface area contributed by atoms with E-state index in [-0.39, 0.29) is 0 Å². The average molecular weight is 720 g/mol. The van der Waals surface area contributed by atoms with Crippen molar-refractivity contribution in [1.82, 2.24) is 9.55 Å². The Hall–Kier alpha value is -7.01. The first kappa shape index (κ1) is 31.5. The Kier molecular flexibility index (Phi) is 7.35. The summed E-state index contributed by atoms with van der Waals surface area (Å²) in [6, 6.07) is 70.4. The van der Waals surface area contributed by atoms with E-state index in [1.54, 1.807) is 11.3 Å². The first-order valence-corrected chi connectivity index (χ1v) is 19.4. The van der Waals surface area contributed by atoms with Crippen molar-refractivity contribution in [2.75, 3.05) is 4.90 Å². The van der Waals surface area contributed by atoms with Gasteiger partial charge in [-0.25, -0.2) is 4.98 Å². The Balaban J connectivity index is 1.06. The van der Waals surface area contributed by atoms with Crippen LogP contribution in [0.25, 0.3) is 80.8 Å². The van der Waals surface area contributed by atoms with Crippen LogP contribution in [0.2, 0.25) is 0 Å². The molecule has 3 nitrogen and oxygen atoms in total. The monoisotopic (exact) mass is 719 g/mol. The van der Waals surface area contributed by atoms with E-state index in [0.29, 0.717) is 0 Å². The maximum absolute atomic E-state index is 4.67. The predicted octanol–water partition coefficient (Wildman–Crippen LogP) is 14.5. The van der Waals surface area contributed by atoms with Gasteiger partial charge in [-0.05, 0) is 106 Å². The third-order valence-electron chi connectivity index (χ3n) is 10.8. The van der Waals surface area contributed by atoms with Crippen molar-refractivity contribution in [2.45, 2.75) is 0 Å². The van der Waals surface area contributed by atoms with Crippen LogP contribution in [0.1, 0.15) is 0 Å². The van der Waals surface area contributed by atoms with Gasteiger partial charge in [-0.3, -0.25) is 0 Å². The van der Waals surface area contributed by atoms with Crippen LogP contribution in [-0.2, 0) is 0 Å². The molecule has 258 valence electrons. The topological polar surface area (TPSA) is 21.1 Å². The van der Waals surface area contributed by atoms with E-state index in [0.717, 1.165) is 27.6 Å². The molecular formula is C51H33N3S. The van der Waals surface area contributed by atoms with Crippen LogP contribution < -0.4 is 4.90 Å². The second-order valence-corrected chi connectivity index (χ2v) is 15.0. The van der Waals surface area contributed by atoms with Gasteiger partial charge in [0.2, 0.25) is 0 Å². The molecular weight excluding hydrogens is 687 g/mol. The van der Waals surface area contributed by atoms with Gasteiger partial charge in [-0.2, -0.15) is 0 Å². The molecule has 0 atom stereocenters. The number of hydrogen-bond donors (Lipinski definition) is 0. The van der Waals surface area contributed by atoms with Crippen molar-refractivity contribution in [3.05, 3.63) is 200 Å². The van der Waals surface area contributed by atoms with Crippen LogP contribution in [0.5, 0.6) is 0 Å². The largest absolute Gasteiger partial charge is 0.310 e. The molecule has 3 heterocycles. The first-order chi connectivity index (χ1) is 27.3. The minimum atomic E-state index is 1.07. The van der Waals surface area contributed by atoms with Gasteiger partial charge in [0.05, 0.1) is 11.0 Å². The molecule has 11 aromatic rings. The summed E-state index contributed by atoms with van der Waals surface area (Å²) in [6.45, 7) is 0. The van der Waals surface area contributed by atoms with E-state index < -0.39 is 0 Å². The molecule has 8 aromatic carbocycles. The zero-order chi connectivity index (χ0) is 36.3. The molecule has 0 N–H and O–H groups in total. The quantitative estimate of drug-likeness (QED) is 0.171. The molecule has 0 aliphatic carbocycles. The Bertz CT molecular complexity index is 3190. The summed E-state index contributed by atoms with van der Waals surface area (Å²) in [4.78, 5) is 8.12. The SMILES string of the molecule is c1ccc(-n2c3ccccc3c3ccc(N(c4ccc(-c5ccc6ccccc6c5)cc4)c4ccc(-c5cccc6c5sc5ncccc56)cc4)cc32)cc1. The Morgan fingerprint density at radius 2 is 1.07 bits per heavy atom. The number of pyridine rings is 1. The number of rotatable bonds is 6. The van der Waals surface area contributed by atoms with E-state index in [1.165, 1.54) is 70.3 Å². The number of thiophene rings is 1. The second-order valence-electron chi connectivity index (χ2n) is 14.0. The van der Waals surface area contributed by atoms with Gasteiger partial charge in [0, 0.05) is 55.2 Å². The number of fused-ring (bicyclic) bond motifs is 7. The highest BCUT2D eigenvalue weighted by Crippen LogP contribution is 2.43. The van der Waals surface area contributed by atoms with Crippen molar-refractivity contribution >= 4 is 81.3 Å². The number of anilines is 3. The lowest BCUT2D eigenvalue weighted by Gasteiger charge is -2.26. The lowest BCUT2D eigenvalue weighted by Crippen LogP contribution is -2.10. The molecule has 0 saturated carbocycles. The Morgan fingerprint density at radius 1 is 0.418 bits per heavy atom. The fourth-order valence-electron chi connectivity index (χ4n) is 8.22. The molecule has 3 aromatic heterocycles. The zero-order valence-electron chi connectivity index (χ0n) is 29.8. The third kappa shape index (κ3) is 5.30. The summed E-state index contributed by atoms with van der Waals surface area (Å²) in [5.74, 6) is 0. The molecule has 0 radical (unpaired) electrons. The maximum Gasteiger partial charge on any atom is 0.124 e. The number of benzene rings is 8. The molecule has 55 heavy (non-hydrogen) atoms. The molecule has 0 bridgehead atoms. The average Bonchev–Trinajstić information content (AvgIpc) is 3.80. The van der Waals surface area contributed by atoms with Gasteiger partial charge in [-0.1, -0.05) is 121 Å². The molecule has 0 saturated heterocycles.